The van der Waals surface area contributed by atoms with E-state index in [4.69, 9.17) is 32.2 Å². The average molecular weight is 350 g/mol. The molecule has 1 aliphatic carbocycles. The Kier molecular flexibility index (Phi) is 4.54. The smallest absolute Gasteiger partial charge is 0.291 e. The molecule has 3 rings (SSSR count). The summed E-state index contributed by atoms with van der Waals surface area (Å²) in [4.78, 5) is 0. The molecule has 1 saturated carbocycles. The molecule has 0 amide bonds. The SMILES string of the molecule is CC1OP(=O)(Nc2cc(Cl)ccc2Cl)OC2CCCCC12. The highest BCUT2D eigenvalue weighted by Crippen LogP contribution is 2.58. The van der Waals surface area contributed by atoms with Gasteiger partial charge in [-0.1, -0.05) is 36.0 Å². The van der Waals surface area contributed by atoms with E-state index < -0.39 is 7.75 Å². The van der Waals surface area contributed by atoms with Crippen LogP contribution in [-0.2, 0) is 13.6 Å². The van der Waals surface area contributed by atoms with Crippen molar-refractivity contribution in [2.24, 2.45) is 5.92 Å². The minimum atomic E-state index is -3.42. The number of rotatable bonds is 2. The summed E-state index contributed by atoms with van der Waals surface area (Å²) >= 11 is 12.0. The predicted octanol–water partition coefficient (Wildman–Crippen LogP) is 5.51. The first-order valence-corrected chi connectivity index (χ1v) is 9.47. The summed E-state index contributed by atoms with van der Waals surface area (Å²) in [6.07, 6.45) is 4.15. The lowest BCUT2D eigenvalue weighted by Crippen LogP contribution is -2.40. The van der Waals surface area contributed by atoms with Crippen molar-refractivity contribution >= 4 is 36.6 Å². The Morgan fingerprint density at radius 2 is 2.00 bits per heavy atom. The molecule has 1 saturated heterocycles. The molecule has 0 radical (unpaired) electrons. The van der Waals surface area contributed by atoms with Gasteiger partial charge >= 0.3 is 7.75 Å². The third kappa shape index (κ3) is 3.40. The maximum absolute atomic E-state index is 12.9. The van der Waals surface area contributed by atoms with Gasteiger partial charge in [0.05, 0.1) is 22.9 Å². The zero-order valence-electron chi connectivity index (χ0n) is 11.7. The number of benzene rings is 1. The van der Waals surface area contributed by atoms with Crippen molar-refractivity contribution in [3.63, 3.8) is 0 Å². The quantitative estimate of drug-likeness (QED) is 0.715. The van der Waals surface area contributed by atoms with E-state index in [-0.39, 0.29) is 12.2 Å². The van der Waals surface area contributed by atoms with Gasteiger partial charge in [-0.15, -0.1) is 0 Å². The normalized spacial score (nSPS) is 36.0. The maximum Gasteiger partial charge on any atom is 0.433 e. The molecule has 116 valence electrons. The van der Waals surface area contributed by atoms with Crippen LogP contribution in [0.1, 0.15) is 32.6 Å². The number of fused-ring (bicyclic) bond motifs is 1. The minimum Gasteiger partial charge on any atom is -0.291 e. The minimum absolute atomic E-state index is 0.0150. The van der Waals surface area contributed by atoms with Gasteiger partial charge in [0.15, 0.2) is 0 Å². The first kappa shape index (κ1) is 15.6. The molecule has 1 N–H and O–H groups in total. The lowest BCUT2D eigenvalue weighted by atomic mass is 9.83. The molecule has 1 aromatic rings. The van der Waals surface area contributed by atoms with Crippen molar-refractivity contribution in [1.82, 2.24) is 0 Å². The van der Waals surface area contributed by atoms with E-state index in [0.717, 1.165) is 19.3 Å². The number of hydrogen-bond acceptors (Lipinski definition) is 3. The molecular weight excluding hydrogens is 332 g/mol. The first-order chi connectivity index (χ1) is 9.97. The fourth-order valence-electron chi connectivity index (χ4n) is 3.08. The molecule has 4 unspecified atom stereocenters. The van der Waals surface area contributed by atoms with Crippen molar-refractivity contribution in [1.29, 1.82) is 0 Å². The molecule has 4 nitrogen and oxygen atoms in total. The Bertz CT molecular complexity index is 583. The highest BCUT2D eigenvalue weighted by molar-refractivity contribution is 7.55. The van der Waals surface area contributed by atoms with E-state index in [1.807, 2.05) is 6.92 Å². The molecule has 1 aromatic carbocycles. The van der Waals surface area contributed by atoms with Crippen LogP contribution < -0.4 is 5.09 Å². The van der Waals surface area contributed by atoms with Crippen LogP contribution in [0.5, 0.6) is 0 Å². The zero-order chi connectivity index (χ0) is 15.0. The largest absolute Gasteiger partial charge is 0.433 e. The van der Waals surface area contributed by atoms with E-state index in [9.17, 15) is 4.57 Å². The number of halogens is 2. The van der Waals surface area contributed by atoms with Gasteiger partial charge in [0.25, 0.3) is 0 Å². The first-order valence-electron chi connectivity index (χ1n) is 7.17. The summed E-state index contributed by atoms with van der Waals surface area (Å²) in [5, 5.41) is 3.76. The Labute approximate surface area is 134 Å². The molecule has 2 aliphatic rings. The van der Waals surface area contributed by atoms with Gasteiger partial charge in [0, 0.05) is 10.9 Å². The molecule has 21 heavy (non-hydrogen) atoms. The molecule has 7 heteroatoms. The molecule has 0 aromatic heterocycles. The Balaban J connectivity index is 1.81. The number of nitrogens with one attached hydrogen (secondary N) is 1. The lowest BCUT2D eigenvalue weighted by molar-refractivity contribution is -0.0363. The summed E-state index contributed by atoms with van der Waals surface area (Å²) < 4.78 is 24.3. The number of anilines is 1. The van der Waals surface area contributed by atoms with Crippen LogP contribution in [0.2, 0.25) is 10.0 Å². The van der Waals surface area contributed by atoms with Crippen LogP contribution in [0, 0.1) is 5.92 Å². The van der Waals surface area contributed by atoms with Gasteiger partial charge < -0.3 is 0 Å². The van der Waals surface area contributed by atoms with Gasteiger partial charge in [-0.2, -0.15) is 0 Å². The van der Waals surface area contributed by atoms with Gasteiger partial charge in [0.2, 0.25) is 0 Å². The topological polar surface area (TPSA) is 47.6 Å². The van der Waals surface area contributed by atoms with E-state index in [0.29, 0.717) is 21.7 Å². The summed E-state index contributed by atoms with van der Waals surface area (Å²) in [5.74, 6) is 0.317. The molecule has 4 atom stereocenters. The summed E-state index contributed by atoms with van der Waals surface area (Å²) in [7, 11) is -3.42. The van der Waals surface area contributed by atoms with Crippen LogP contribution in [0.15, 0.2) is 18.2 Å². The highest BCUT2D eigenvalue weighted by atomic mass is 35.5. The van der Waals surface area contributed by atoms with E-state index in [1.54, 1.807) is 18.2 Å². The molecular formula is C14H18Cl2NO3P. The van der Waals surface area contributed by atoms with Gasteiger partial charge in [-0.05, 0) is 38.0 Å². The second-order valence-electron chi connectivity index (χ2n) is 5.64. The van der Waals surface area contributed by atoms with Crippen LogP contribution in [0.4, 0.5) is 5.69 Å². The highest BCUT2D eigenvalue weighted by Gasteiger charge is 2.45. The fourth-order valence-corrected chi connectivity index (χ4v) is 5.33. The van der Waals surface area contributed by atoms with Gasteiger partial charge in [0.1, 0.15) is 0 Å². The zero-order valence-corrected chi connectivity index (χ0v) is 14.1. The van der Waals surface area contributed by atoms with Crippen LogP contribution >= 0.6 is 30.9 Å². The Morgan fingerprint density at radius 3 is 2.81 bits per heavy atom. The molecule has 0 spiro atoms. The standard InChI is InChI=1S/C14H18Cl2NO3P/c1-9-11-4-2-3-5-14(11)20-21(18,19-9)17-13-8-10(15)6-7-12(13)16/h6-9,11,14H,2-5H2,1H3,(H,17,18). The molecule has 2 fully saturated rings. The molecule has 0 bridgehead atoms. The summed E-state index contributed by atoms with van der Waals surface area (Å²) in [5.41, 5.74) is 0.467. The van der Waals surface area contributed by atoms with Crippen molar-refractivity contribution in [2.75, 3.05) is 5.09 Å². The second kappa shape index (κ2) is 6.10. The summed E-state index contributed by atoms with van der Waals surface area (Å²) in [6, 6.07) is 4.94. The third-order valence-corrected chi connectivity index (χ3v) is 6.36. The summed E-state index contributed by atoms with van der Waals surface area (Å²) in [6.45, 7) is 1.96. The fraction of sp³-hybridized carbons (Fsp3) is 0.571. The number of hydrogen-bond donors (Lipinski definition) is 1. The predicted molar refractivity (Wildman–Crippen MR) is 85.1 cm³/mol. The van der Waals surface area contributed by atoms with Crippen molar-refractivity contribution in [2.45, 2.75) is 44.8 Å². The van der Waals surface area contributed by atoms with Crippen LogP contribution in [0.3, 0.4) is 0 Å². The molecule has 1 aliphatic heterocycles. The van der Waals surface area contributed by atoms with Crippen LogP contribution in [0.25, 0.3) is 0 Å². The Morgan fingerprint density at radius 1 is 1.24 bits per heavy atom. The third-order valence-electron chi connectivity index (χ3n) is 4.12. The van der Waals surface area contributed by atoms with Crippen molar-refractivity contribution in [3.8, 4) is 0 Å². The van der Waals surface area contributed by atoms with Gasteiger partial charge in [-0.25, -0.2) is 4.57 Å². The van der Waals surface area contributed by atoms with Crippen molar-refractivity contribution in [3.05, 3.63) is 28.2 Å². The van der Waals surface area contributed by atoms with E-state index in [1.165, 1.54) is 6.42 Å². The Hall–Kier alpha value is -0.250. The monoisotopic (exact) mass is 349 g/mol. The van der Waals surface area contributed by atoms with Crippen LogP contribution in [-0.4, -0.2) is 12.2 Å². The van der Waals surface area contributed by atoms with Gasteiger partial charge in [-0.3, -0.25) is 14.1 Å². The van der Waals surface area contributed by atoms with Crippen molar-refractivity contribution < 1.29 is 13.6 Å². The average Bonchev–Trinajstić information content (AvgIpc) is 2.42. The molecule has 1 heterocycles. The van der Waals surface area contributed by atoms with E-state index >= 15 is 0 Å². The lowest BCUT2D eigenvalue weighted by Gasteiger charge is -2.42. The second-order valence-corrected chi connectivity index (χ2v) is 8.12. The maximum atomic E-state index is 12.9. The van der Waals surface area contributed by atoms with E-state index in [2.05, 4.69) is 5.09 Å².